The quantitative estimate of drug-likeness (QED) is 0.612. The van der Waals surface area contributed by atoms with E-state index in [1.165, 1.54) is 5.56 Å². The van der Waals surface area contributed by atoms with Crippen molar-refractivity contribution in [3.8, 4) is 11.1 Å². The van der Waals surface area contributed by atoms with Gasteiger partial charge in [0.25, 0.3) is 0 Å². The summed E-state index contributed by atoms with van der Waals surface area (Å²) in [4.78, 5) is 12.1. The highest BCUT2D eigenvalue weighted by Crippen LogP contribution is 2.40. The first kappa shape index (κ1) is 17.1. The second-order valence-electron chi connectivity index (χ2n) is 7.20. The molecule has 24 heavy (non-hydrogen) atoms. The lowest BCUT2D eigenvalue weighted by Crippen LogP contribution is -2.24. The average molecular weight is 342 g/mol. The lowest BCUT2D eigenvalue weighted by molar-refractivity contribution is 0.0695. The number of aryl methyl sites for hydroxylation is 1. The zero-order chi connectivity index (χ0) is 17.3. The van der Waals surface area contributed by atoms with Crippen LogP contribution in [0.4, 0.5) is 0 Å². The van der Waals surface area contributed by atoms with Crippen molar-refractivity contribution in [2.75, 3.05) is 0 Å². The average Bonchev–Trinajstić information content (AvgIpc) is 2.53. The molecule has 126 valence electrons. The standard InChI is InChI=1S/C20H22O3S/c1-20(2)10-9-13-7-8-16(18(19(21)22)17(13)11-20)15-6-4-3-5-14(15)12-23-24/h3-8,24H,9-12H2,1-2H3,(H,21,22). The number of carboxylic acids is 1. The van der Waals surface area contributed by atoms with Crippen LogP contribution in [0, 0.1) is 5.41 Å². The van der Waals surface area contributed by atoms with Crippen molar-refractivity contribution in [2.45, 2.75) is 39.7 Å². The van der Waals surface area contributed by atoms with Gasteiger partial charge in [-0.05, 0) is 65.4 Å². The van der Waals surface area contributed by atoms with Gasteiger partial charge in [-0.1, -0.05) is 50.2 Å². The number of carboxylic acid groups (broad SMARTS) is 1. The monoisotopic (exact) mass is 342 g/mol. The molecule has 0 heterocycles. The van der Waals surface area contributed by atoms with E-state index in [0.29, 0.717) is 12.2 Å². The van der Waals surface area contributed by atoms with Gasteiger partial charge < -0.3 is 9.29 Å². The Kier molecular flexibility index (Phi) is 4.70. The van der Waals surface area contributed by atoms with Crippen LogP contribution >= 0.6 is 12.9 Å². The predicted octanol–water partition coefficient (Wildman–Crippen LogP) is 4.93. The molecule has 0 radical (unpaired) electrons. The fourth-order valence-corrected chi connectivity index (χ4v) is 3.75. The lowest BCUT2D eigenvalue weighted by Gasteiger charge is -2.33. The van der Waals surface area contributed by atoms with Gasteiger partial charge in [0.2, 0.25) is 0 Å². The number of hydrogen-bond acceptors (Lipinski definition) is 3. The van der Waals surface area contributed by atoms with Crippen LogP contribution in [0.5, 0.6) is 0 Å². The van der Waals surface area contributed by atoms with Gasteiger partial charge >= 0.3 is 5.97 Å². The van der Waals surface area contributed by atoms with Crippen LogP contribution in [-0.4, -0.2) is 11.1 Å². The summed E-state index contributed by atoms with van der Waals surface area (Å²) in [7, 11) is 0. The van der Waals surface area contributed by atoms with Crippen LogP contribution in [0.1, 0.15) is 47.3 Å². The molecule has 0 saturated heterocycles. The summed E-state index contributed by atoms with van der Waals surface area (Å²) in [6.45, 7) is 4.74. The van der Waals surface area contributed by atoms with Crippen molar-refractivity contribution in [3.05, 3.63) is 58.7 Å². The van der Waals surface area contributed by atoms with Gasteiger partial charge in [-0.2, -0.15) is 0 Å². The SMILES string of the molecule is CC1(C)CCc2ccc(-c3ccccc3COS)c(C(=O)O)c2C1. The maximum atomic E-state index is 12.1. The number of thiol groups is 1. The third-order valence-corrected chi connectivity index (χ3v) is 5.01. The summed E-state index contributed by atoms with van der Waals surface area (Å²) in [6, 6.07) is 11.8. The van der Waals surface area contributed by atoms with E-state index < -0.39 is 5.97 Å². The molecule has 0 saturated carbocycles. The number of carbonyl (C=O) groups is 1. The minimum atomic E-state index is -0.860. The van der Waals surface area contributed by atoms with E-state index >= 15 is 0 Å². The summed E-state index contributed by atoms with van der Waals surface area (Å²) in [5, 5.41) is 9.93. The third kappa shape index (κ3) is 3.21. The number of fused-ring (bicyclic) bond motifs is 1. The van der Waals surface area contributed by atoms with Gasteiger partial charge in [-0.3, -0.25) is 0 Å². The fourth-order valence-electron chi connectivity index (χ4n) is 3.61. The molecular formula is C20H22O3S. The molecule has 0 atom stereocenters. The Morgan fingerprint density at radius 1 is 1.21 bits per heavy atom. The molecule has 1 N–H and O–H groups in total. The summed E-state index contributed by atoms with van der Waals surface area (Å²) < 4.78 is 4.98. The zero-order valence-corrected chi connectivity index (χ0v) is 14.9. The molecule has 1 aliphatic carbocycles. The second-order valence-corrected chi connectivity index (χ2v) is 7.46. The molecule has 0 unspecified atom stereocenters. The fraction of sp³-hybridized carbons (Fsp3) is 0.350. The smallest absolute Gasteiger partial charge is 0.336 e. The van der Waals surface area contributed by atoms with E-state index in [0.717, 1.165) is 41.5 Å². The molecule has 0 spiro atoms. The maximum absolute atomic E-state index is 12.1. The molecule has 0 aliphatic heterocycles. The van der Waals surface area contributed by atoms with E-state index in [4.69, 9.17) is 4.18 Å². The van der Waals surface area contributed by atoms with Crippen LogP contribution in [-0.2, 0) is 23.6 Å². The molecule has 0 aromatic heterocycles. The third-order valence-electron chi connectivity index (χ3n) is 4.88. The zero-order valence-electron chi connectivity index (χ0n) is 14.0. The topological polar surface area (TPSA) is 46.5 Å². The van der Waals surface area contributed by atoms with Crippen LogP contribution in [0.25, 0.3) is 11.1 Å². The molecule has 3 rings (SSSR count). The van der Waals surface area contributed by atoms with E-state index in [-0.39, 0.29) is 5.41 Å². The van der Waals surface area contributed by atoms with Crippen LogP contribution in [0.2, 0.25) is 0 Å². The van der Waals surface area contributed by atoms with Crippen molar-refractivity contribution < 1.29 is 14.1 Å². The van der Waals surface area contributed by atoms with Gasteiger partial charge in [0.15, 0.2) is 0 Å². The molecule has 0 amide bonds. The Labute approximate surface area is 148 Å². The van der Waals surface area contributed by atoms with Gasteiger partial charge in [-0.15, -0.1) is 0 Å². The second kappa shape index (κ2) is 6.61. The molecule has 0 bridgehead atoms. The van der Waals surface area contributed by atoms with Gasteiger partial charge in [0.1, 0.15) is 0 Å². The minimum Gasteiger partial charge on any atom is -0.478 e. The molecular weight excluding hydrogens is 320 g/mol. The summed E-state index contributed by atoms with van der Waals surface area (Å²) in [6.07, 6.45) is 2.82. The first-order valence-corrected chi connectivity index (χ1v) is 8.52. The van der Waals surface area contributed by atoms with Gasteiger partial charge in [-0.25, -0.2) is 4.79 Å². The minimum absolute atomic E-state index is 0.129. The molecule has 1 aliphatic rings. The van der Waals surface area contributed by atoms with Crippen LogP contribution in [0.3, 0.4) is 0 Å². The van der Waals surface area contributed by atoms with Crippen molar-refractivity contribution in [1.82, 2.24) is 0 Å². The maximum Gasteiger partial charge on any atom is 0.336 e. The van der Waals surface area contributed by atoms with Gasteiger partial charge in [0, 0.05) is 0 Å². The predicted molar refractivity (Wildman–Crippen MR) is 98.4 cm³/mol. The Morgan fingerprint density at radius 3 is 2.67 bits per heavy atom. The molecule has 4 heteroatoms. The first-order chi connectivity index (χ1) is 11.4. The van der Waals surface area contributed by atoms with Crippen molar-refractivity contribution in [1.29, 1.82) is 0 Å². The highest BCUT2D eigenvalue weighted by atomic mass is 32.1. The largest absolute Gasteiger partial charge is 0.478 e. The number of rotatable bonds is 4. The molecule has 2 aromatic rings. The number of benzene rings is 2. The summed E-state index contributed by atoms with van der Waals surface area (Å²) in [5.74, 6) is -0.860. The normalized spacial score (nSPS) is 15.8. The van der Waals surface area contributed by atoms with E-state index in [1.807, 2.05) is 30.3 Å². The Morgan fingerprint density at radius 2 is 1.96 bits per heavy atom. The Balaban J connectivity index is 2.22. The highest BCUT2D eigenvalue weighted by molar-refractivity contribution is 7.75. The molecule has 3 nitrogen and oxygen atoms in total. The number of hydrogen-bond donors (Lipinski definition) is 2. The molecule has 0 fully saturated rings. The van der Waals surface area contributed by atoms with Crippen LogP contribution < -0.4 is 0 Å². The summed E-state index contributed by atoms with van der Waals surface area (Å²) >= 11 is 3.84. The van der Waals surface area contributed by atoms with Crippen molar-refractivity contribution in [3.63, 3.8) is 0 Å². The Hall–Kier alpha value is -1.78. The van der Waals surface area contributed by atoms with E-state index in [1.54, 1.807) is 0 Å². The van der Waals surface area contributed by atoms with Crippen molar-refractivity contribution in [2.24, 2.45) is 5.41 Å². The van der Waals surface area contributed by atoms with Gasteiger partial charge in [0.05, 0.1) is 12.2 Å². The highest BCUT2D eigenvalue weighted by Gasteiger charge is 2.30. The Bertz CT molecular complexity index is 780. The van der Waals surface area contributed by atoms with E-state index in [2.05, 4.69) is 32.8 Å². The lowest BCUT2D eigenvalue weighted by atomic mass is 9.72. The van der Waals surface area contributed by atoms with E-state index in [9.17, 15) is 9.90 Å². The number of aromatic carboxylic acids is 1. The summed E-state index contributed by atoms with van der Waals surface area (Å²) in [5.41, 5.74) is 5.31. The van der Waals surface area contributed by atoms with Crippen LogP contribution in [0.15, 0.2) is 36.4 Å². The van der Waals surface area contributed by atoms with Crippen molar-refractivity contribution >= 4 is 18.9 Å². The first-order valence-electron chi connectivity index (χ1n) is 8.15. The molecule has 2 aromatic carbocycles.